The summed E-state index contributed by atoms with van der Waals surface area (Å²) in [5.41, 5.74) is 1.94. The molecule has 0 aromatic carbocycles. The normalized spacial score (nSPS) is 10.9. The highest BCUT2D eigenvalue weighted by Crippen LogP contribution is 2.21. The van der Waals surface area contributed by atoms with E-state index in [-0.39, 0.29) is 0 Å². The molecule has 114 valence electrons. The molecular formula is C14H19IN4OS. The second-order valence-electron chi connectivity index (χ2n) is 4.64. The lowest BCUT2D eigenvalue weighted by Gasteiger charge is -2.12. The summed E-state index contributed by atoms with van der Waals surface area (Å²) in [7, 11) is 1.68. The number of nitrogens with one attached hydrogen (secondary N) is 1. The van der Waals surface area contributed by atoms with Gasteiger partial charge in [0.25, 0.3) is 0 Å². The third-order valence-corrected chi connectivity index (χ3v) is 4.75. The number of rotatable bonds is 7. The molecule has 0 saturated carbocycles. The van der Waals surface area contributed by atoms with Crippen molar-refractivity contribution in [3.8, 4) is 0 Å². The van der Waals surface area contributed by atoms with E-state index in [4.69, 9.17) is 4.74 Å². The van der Waals surface area contributed by atoms with E-state index in [1.165, 1.54) is 0 Å². The molecule has 0 aliphatic carbocycles. The Morgan fingerprint density at radius 1 is 1.33 bits per heavy atom. The Labute approximate surface area is 142 Å². The van der Waals surface area contributed by atoms with Gasteiger partial charge in [0.2, 0.25) is 0 Å². The molecule has 0 unspecified atom stereocenters. The average molecular weight is 418 g/mol. The maximum Gasteiger partial charge on any atom is 0.143 e. The van der Waals surface area contributed by atoms with Gasteiger partial charge in [0.1, 0.15) is 11.6 Å². The molecule has 2 rings (SSSR count). The monoisotopic (exact) mass is 418 g/mol. The van der Waals surface area contributed by atoms with Crippen LogP contribution in [0.1, 0.15) is 35.6 Å². The van der Waals surface area contributed by atoms with Gasteiger partial charge in [-0.2, -0.15) is 0 Å². The first-order valence-corrected chi connectivity index (χ1v) is 8.79. The summed E-state index contributed by atoms with van der Waals surface area (Å²) < 4.78 is 6.27. The number of aryl methyl sites for hydroxylation is 1. The van der Waals surface area contributed by atoms with E-state index in [0.717, 1.165) is 44.6 Å². The number of aromatic nitrogens is 3. The summed E-state index contributed by atoms with van der Waals surface area (Å²) in [6, 6.07) is 0. The molecule has 7 heteroatoms. The number of halogens is 1. The zero-order chi connectivity index (χ0) is 15.2. The van der Waals surface area contributed by atoms with Crippen LogP contribution in [0.25, 0.3) is 0 Å². The van der Waals surface area contributed by atoms with Crippen LogP contribution in [0.5, 0.6) is 0 Å². The highest BCUT2D eigenvalue weighted by Gasteiger charge is 2.13. The van der Waals surface area contributed by atoms with Crippen molar-refractivity contribution < 1.29 is 4.74 Å². The van der Waals surface area contributed by atoms with E-state index in [0.29, 0.717) is 13.0 Å². The number of thiazole rings is 1. The van der Waals surface area contributed by atoms with E-state index in [9.17, 15) is 0 Å². The van der Waals surface area contributed by atoms with E-state index < -0.39 is 0 Å². The minimum atomic E-state index is 0.491. The molecule has 0 radical (unpaired) electrons. The van der Waals surface area contributed by atoms with Crippen molar-refractivity contribution in [3.05, 3.63) is 31.2 Å². The standard InChI is InChI=1S/C14H19IN4OS/c1-4-5-16-14-13(15)11(7-20-3)18-12(19-14)6-10-8-21-9(2)17-10/h8H,4-7H2,1-3H3,(H,16,18,19). The van der Waals surface area contributed by atoms with Crippen molar-refractivity contribution in [2.24, 2.45) is 0 Å². The van der Waals surface area contributed by atoms with Crippen molar-refractivity contribution in [2.75, 3.05) is 19.0 Å². The van der Waals surface area contributed by atoms with Crippen molar-refractivity contribution >= 4 is 39.7 Å². The molecule has 2 aromatic heterocycles. The topological polar surface area (TPSA) is 59.9 Å². The predicted octanol–water partition coefficient (Wildman–Crippen LogP) is 3.41. The number of hydrogen-bond acceptors (Lipinski definition) is 6. The highest BCUT2D eigenvalue weighted by molar-refractivity contribution is 14.1. The van der Waals surface area contributed by atoms with Crippen LogP contribution in [-0.4, -0.2) is 28.6 Å². The van der Waals surface area contributed by atoms with Gasteiger partial charge < -0.3 is 10.1 Å². The lowest BCUT2D eigenvalue weighted by atomic mass is 10.3. The Bertz CT molecular complexity index is 603. The maximum atomic E-state index is 5.24. The first-order chi connectivity index (χ1) is 10.1. The molecule has 0 aliphatic heterocycles. The molecule has 0 bridgehead atoms. The van der Waals surface area contributed by atoms with Gasteiger partial charge in [-0.25, -0.2) is 15.0 Å². The van der Waals surface area contributed by atoms with Crippen LogP contribution in [0, 0.1) is 10.5 Å². The third-order valence-electron chi connectivity index (χ3n) is 2.80. The van der Waals surface area contributed by atoms with Crippen LogP contribution in [0.15, 0.2) is 5.38 Å². The quantitative estimate of drug-likeness (QED) is 0.699. The van der Waals surface area contributed by atoms with Crippen LogP contribution in [0.3, 0.4) is 0 Å². The van der Waals surface area contributed by atoms with Gasteiger partial charge in [-0.3, -0.25) is 0 Å². The van der Waals surface area contributed by atoms with Gasteiger partial charge in [0, 0.05) is 19.0 Å². The summed E-state index contributed by atoms with van der Waals surface area (Å²) in [5.74, 6) is 1.67. The average Bonchev–Trinajstić information content (AvgIpc) is 2.86. The van der Waals surface area contributed by atoms with Crippen molar-refractivity contribution in [3.63, 3.8) is 0 Å². The van der Waals surface area contributed by atoms with E-state index in [1.54, 1.807) is 18.4 Å². The zero-order valence-electron chi connectivity index (χ0n) is 12.4. The SMILES string of the molecule is CCCNc1nc(Cc2csc(C)n2)nc(COC)c1I. The third kappa shape index (κ3) is 4.58. The minimum absolute atomic E-state index is 0.491. The molecule has 0 saturated heterocycles. The Balaban J connectivity index is 2.28. The first kappa shape index (κ1) is 16.6. The number of ether oxygens (including phenoxy) is 1. The largest absolute Gasteiger partial charge is 0.378 e. The van der Waals surface area contributed by atoms with Crippen molar-refractivity contribution in [1.29, 1.82) is 0 Å². The van der Waals surface area contributed by atoms with Crippen LogP contribution >= 0.6 is 33.9 Å². The number of anilines is 1. The van der Waals surface area contributed by atoms with E-state index in [1.807, 2.05) is 6.92 Å². The van der Waals surface area contributed by atoms with Gasteiger partial charge in [-0.1, -0.05) is 6.92 Å². The lowest BCUT2D eigenvalue weighted by Crippen LogP contribution is -2.11. The summed E-state index contributed by atoms with van der Waals surface area (Å²) in [5, 5.41) is 6.49. The molecule has 0 aliphatic rings. The zero-order valence-corrected chi connectivity index (χ0v) is 15.4. The molecule has 0 amide bonds. The molecule has 2 aromatic rings. The van der Waals surface area contributed by atoms with Crippen molar-refractivity contribution in [2.45, 2.75) is 33.3 Å². The van der Waals surface area contributed by atoms with Crippen molar-refractivity contribution in [1.82, 2.24) is 15.0 Å². The molecule has 0 spiro atoms. The first-order valence-electron chi connectivity index (χ1n) is 6.83. The van der Waals surface area contributed by atoms with E-state index >= 15 is 0 Å². The molecule has 0 atom stereocenters. The predicted molar refractivity (Wildman–Crippen MR) is 93.9 cm³/mol. The highest BCUT2D eigenvalue weighted by atomic mass is 127. The van der Waals surface area contributed by atoms with Crippen LogP contribution in [0.4, 0.5) is 5.82 Å². The Kier molecular flexibility index (Phi) is 6.31. The van der Waals surface area contributed by atoms with E-state index in [2.05, 4.69) is 55.2 Å². The fourth-order valence-electron chi connectivity index (χ4n) is 1.87. The molecular weight excluding hydrogens is 399 g/mol. The molecule has 1 N–H and O–H groups in total. The Morgan fingerprint density at radius 2 is 2.14 bits per heavy atom. The van der Waals surface area contributed by atoms with Gasteiger partial charge >= 0.3 is 0 Å². The van der Waals surface area contributed by atoms with Gasteiger partial charge in [0.05, 0.1) is 33.0 Å². The summed E-state index contributed by atoms with van der Waals surface area (Å²) >= 11 is 3.93. The summed E-state index contributed by atoms with van der Waals surface area (Å²) in [6.07, 6.45) is 1.71. The number of nitrogens with zero attached hydrogens (tertiary/aromatic N) is 3. The Hall–Kier alpha value is -0.800. The number of methoxy groups -OCH3 is 1. The van der Waals surface area contributed by atoms with Gasteiger partial charge in [-0.05, 0) is 35.9 Å². The van der Waals surface area contributed by atoms with Gasteiger partial charge in [0.15, 0.2) is 0 Å². The summed E-state index contributed by atoms with van der Waals surface area (Å²) in [4.78, 5) is 13.7. The Morgan fingerprint density at radius 3 is 2.76 bits per heavy atom. The van der Waals surface area contributed by atoms with Crippen LogP contribution in [-0.2, 0) is 17.8 Å². The fourth-order valence-corrected chi connectivity index (χ4v) is 3.07. The van der Waals surface area contributed by atoms with Crippen LogP contribution in [0.2, 0.25) is 0 Å². The molecule has 21 heavy (non-hydrogen) atoms. The fraction of sp³-hybridized carbons (Fsp3) is 0.500. The lowest BCUT2D eigenvalue weighted by molar-refractivity contribution is 0.180. The molecule has 5 nitrogen and oxygen atoms in total. The molecule has 0 fully saturated rings. The second-order valence-corrected chi connectivity index (χ2v) is 6.78. The smallest absolute Gasteiger partial charge is 0.143 e. The maximum absolute atomic E-state index is 5.24. The number of hydrogen-bond donors (Lipinski definition) is 1. The molecule has 2 heterocycles. The minimum Gasteiger partial charge on any atom is -0.378 e. The van der Waals surface area contributed by atoms with Crippen LogP contribution < -0.4 is 5.32 Å². The summed E-state index contributed by atoms with van der Waals surface area (Å²) in [6.45, 7) is 5.53. The second kappa shape index (κ2) is 8.00. The van der Waals surface area contributed by atoms with Gasteiger partial charge in [-0.15, -0.1) is 11.3 Å².